The Labute approximate surface area is 95.8 Å². The Hall–Kier alpha value is -0.930. The minimum atomic E-state index is -0.182. The van der Waals surface area contributed by atoms with E-state index >= 15 is 0 Å². The smallest absolute Gasteiger partial charge is 0.123 e. The molecule has 0 bridgehead atoms. The molecule has 88 valence electrons. The van der Waals surface area contributed by atoms with Gasteiger partial charge in [-0.05, 0) is 23.6 Å². The number of benzene rings is 1. The zero-order chi connectivity index (χ0) is 11.5. The van der Waals surface area contributed by atoms with Crippen molar-refractivity contribution in [1.29, 1.82) is 0 Å². The molecule has 1 aliphatic heterocycles. The normalized spacial score (nSPS) is 18.5. The van der Waals surface area contributed by atoms with E-state index in [1.807, 2.05) is 12.1 Å². The lowest BCUT2D eigenvalue weighted by atomic mass is 9.95. The molecule has 1 atom stereocenters. The Morgan fingerprint density at radius 2 is 1.88 bits per heavy atom. The van der Waals surface area contributed by atoms with Gasteiger partial charge in [-0.15, -0.1) is 0 Å². The molecule has 3 heteroatoms. The van der Waals surface area contributed by atoms with Crippen molar-refractivity contribution in [2.24, 2.45) is 5.92 Å². The topological polar surface area (TPSA) is 21.3 Å². The first-order valence-corrected chi connectivity index (χ1v) is 5.76. The second-order valence-electron chi connectivity index (χ2n) is 4.67. The Bertz CT molecular complexity index is 332. The van der Waals surface area contributed by atoms with Crippen LogP contribution >= 0.6 is 0 Å². The summed E-state index contributed by atoms with van der Waals surface area (Å²) < 4.78 is 18.0. The fraction of sp³-hybridized carbons (Fsp3) is 0.538. The van der Waals surface area contributed by atoms with Crippen LogP contribution in [0, 0.1) is 11.7 Å². The van der Waals surface area contributed by atoms with E-state index in [2.05, 4.69) is 19.2 Å². The summed E-state index contributed by atoms with van der Waals surface area (Å²) >= 11 is 0. The predicted octanol–water partition coefficient (Wildman–Crippen LogP) is 2.51. The molecule has 0 aromatic heterocycles. The van der Waals surface area contributed by atoms with Crippen LogP contribution in [0.1, 0.15) is 25.5 Å². The zero-order valence-electron chi connectivity index (χ0n) is 9.74. The highest BCUT2D eigenvalue weighted by atomic mass is 19.1. The van der Waals surface area contributed by atoms with Crippen molar-refractivity contribution in [1.82, 2.24) is 5.32 Å². The molecule has 0 spiro atoms. The highest BCUT2D eigenvalue weighted by Gasteiger charge is 2.24. The second-order valence-corrected chi connectivity index (χ2v) is 4.67. The molecule has 1 aliphatic rings. The van der Waals surface area contributed by atoms with Crippen molar-refractivity contribution >= 4 is 0 Å². The van der Waals surface area contributed by atoms with Crippen molar-refractivity contribution in [3.8, 4) is 0 Å². The number of rotatable bonds is 4. The van der Waals surface area contributed by atoms with E-state index in [4.69, 9.17) is 4.74 Å². The fourth-order valence-electron chi connectivity index (χ4n) is 1.93. The summed E-state index contributed by atoms with van der Waals surface area (Å²) in [5, 5.41) is 3.54. The SMILES string of the molecule is CC(C)C(NC1COC1)c1ccc(F)cc1. The van der Waals surface area contributed by atoms with E-state index in [1.165, 1.54) is 12.1 Å². The minimum absolute atomic E-state index is 0.182. The van der Waals surface area contributed by atoms with E-state index in [0.29, 0.717) is 12.0 Å². The summed E-state index contributed by atoms with van der Waals surface area (Å²) in [7, 11) is 0. The van der Waals surface area contributed by atoms with Gasteiger partial charge in [0, 0.05) is 6.04 Å². The van der Waals surface area contributed by atoms with Gasteiger partial charge in [0.05, 0.1) is 19.3 Å². The average Bonchev–Trinajstić information content (AvgIpc) is 2.18. The fourth-order valence-corrected chi connectivity index (χ4v) is 1.93. The third-order valence-electron chi connectivity index (χ3n) is 2.95. The van der Waals surface area contributed by atoms with Crippen molar-refractivity contribution < 1.29 is 9.13 Å². The van der Waals surface area contributed by atoms with Gasteiger partial charge in [0.1, 0.15) is 5.82 Å². The maximum atomic E-state index is 12.9. The Kier molecular flexibility index (Phi) is 3.56. The van der Waals surface area contributed by atoms with Crippen LogP contribution in [-0.2, 0) is 4.74 Å². The van der Waals surface area contributed by atoms with Crippen LogP contribution in [0.4, 0.5) is 4.39 Å². The van der Waals surface area contributed by atoms with Crippen LogP contribution in [-0.4, -0.2) is 19.3 Å². The molecule has 1 aromatic rings. The van der Waals surface area contributed by atoms with Crippen LogP contribution in [0.15, 0.2) is 24.3 Å². The van der Waals surface area contributed by atoms with Crippen LogP contribution in [0.2, 0.25) is 0 Å². The Morgan fingerprint density at radius 1 is 1.25 bits per heavy atom. The standard InChI is InChI=1S/C13H18FNO/c1-9(2)13(15-12-7-16-8-12)10-3-5-11(14)6-4-10/h3-6,9,12-13,15H,7-8H2,1-2H3. The third-order valence-corrected chi connectivity index (χ3v) is 2.95. The molecule has 1 fully saturated rings. The van der Waals surface area contributed by atoms with Crippen molar-refractivity contribution in [3.63, 3.8) is 0 Å². The minimum Gasteiger partial charge on any atom is -0.378 e. The van der Waals surface area contributed by atoms with Gasteiger partial charge >= 0.3 is 0 Å². The Balaban J connectivity index is 2.08. The second kappa shape index (κ2) is 4.93. The maximum Gasteiger partial charge on any atom is 0.123 e. The lowest BCUT2D eigenvalue weighted by Crippen LogP contribution is -2.48. The van der Waals surface area contributed by atoms with Gasteiger partial charge in [-0.25, -0.2) is 4.39 Å². The molecule has 1 heterocycles. The van der Waals surface area contributed by atoms with Gasteiger partial charge in [0.15, 0.2) is 0 Å². The van der Waals surface area contributed by atoms with Gasteiger partial charge in [0.25, 0.3) is 0 Å². The average molecular weight is 223 g/mol. The van der Waals surface area contributed by atoms with Gasteiger partial charge in [-0.2, -0.15) is 0 Å². The summed E-state index contributed by atoms with van der Waals surface area (Å²) in [6.45, 7) is 5.90. The molecule has 1 unspecified atom stereocenters. The lowest BCUT2D eigenvalue weighted by molar-refractivity contribution is -0.0126. The molecular formula is C13H18FNO. The summed E-state index contributed by atoms with van der Waals surface area (Å²) in [5.74, 6) is 0.296. The highest BCUT2D eigenvalue weighted by Crippen LogP contribution is 2.23. The molecule has 0 saturated carbocycles. The molecule has 1 N–H and O–H groups in total. The lowest BCUT2D eigenvalue weighted by Gasteiger charge is -2.33. The summed E-state index contributed by atoms with van der Waals surface area (Å²) in [5.41, 5.74) is 1.14. The first kappa shape index (κ1) is 11.6. The highest BCUT2D eigenvalue weighted by molar-refractivity contribution is 5.20. The quantitative estimate of drug-likeness (QED) is 0.846. The molecule has 2 nitrogen and oxygen atoms in total. The number of hydrogen-bond donors (Lipinski definition) is 1. The van der Waals surface area contributed by atoms with Crippen LogP contribution in [0.25, 0.3) is 0 Å². The Morgan fingerprint density at radius 3 is 2.31 bits per heavy atom. The van der Waals surface area contributed by atoms with Gasteiger partial charge in [-0.3, -0.25) is 0 Å². The van der Waals surface area contributed by atoms with E-state index < -0.39 is 0 Å². The monoisotopic (exact) mass is 223 g/mol. The summed E-state index contributed by atoms with van der Waals surface area (Å²) in [6, 6.07) is 7.46. The van der Waals surface area contributed by atoms with Gasteiger partial charge < -0.3 is 10.1 Å². The molecule has 0 radical (unpaired) electrons. The molecule has 16 heavy (non-hydrogen) atoms. The molecule has 0 amide bonds. The van der Waals surface area contributed by atoms with Crippen molar-refractivity contribution in [2.45, 2.75) is 25.9 Å². The van der Waals surface area contributed by atoms with Crippen molar-refractivity contribution in [3.05, 3.63) is 35.6 Å². The van der Waals surface area contributed by atoms with E-state index in [0.717, 1.165) is 18.8 Å². The van der Waals surface area contributed by atoms with E-state index in [1.54, 1.807) is 0 Å². The molecule has 2 rings (SSSR count). The molecule has 1 saturated heterocycles. The maximum absolute atomic E-state index is 12.9. The number of ether oxygens (including phenoxy) is 1. The predicted molar refractivity (Wildman–Crippen MR) is 61.7 cm³/mol. The van der Waals surface area contributed by atoms with Gasteiger partial charge in [-0.1, -0.05) is 26.0 Å². The number of halogens is 1. The van der Waals surface area contributed by atoms with Gasteiger partial charge in [0.2, 0.25) is 0 Å². The zero-order valence-corrected chi connectivity index (χ0v) is 9.74. The third kappa shape index (κ3) is 2.60. The van der Waals surface area contributed by atoms with Crippen LogP contribution < -0.4 is 5.32 Å². The number of hydrogen-bond acceptors (Lipinski definition) is 2. The first-order chi connectivity index (χ1) is 7.66. The van der Waals surface area contributed by atoms with Crippen molar-refractivity contribution in [2.75, 3.05) is 13.2 Å². The summed E-state index contributed by atoms with van der Waals surface area (Å²) in [6.07, 6.45) is 0. The summed E-state index contributed by atoms with van der Waals surface area (Å²) in [4.78, 5) is 0. The first-order valence-electron chi connectivity index (χ1n) is 5.76. The molecular weight excluding hydrogens is 205 g/mol. The van der Waals surface area contributed by atoms with Crippen LogP contribution in [0.3, 0.4) is 0 Å². The largest absolute Gasteiger partial charge is 0.378 e. The molecule has 1 aromatic carbocycles. The molecule has 0 aliphatic carbocycles. The number of nitrogens with one attached hydrogen (secondary N) is 1. The van der Waals surface area contributed by atoms with E-state index in [-0.39, 0.29) is 11.9 Å². The van der Waals surface area contributed by atoms with Crippen LogP contribution in [0.5, 0.6) is 0 Å². The van der Waals surface area contributed by atoms with E-state index in [9.17, 15) is 4.39 Å².